The molecule has 2 saturated heterocycles. The summed E-state index contributed by atoms with van der Waals surface area (Å²) in [7, 11) is 1.58. The SMILES string of the molecule is CNC(=O)C1COCCN1CC(=O)N1CCC(=O)CC1. The van der Waals surface area contributed by atoms with Gasteiger partial charge < -0.3 is 15.0 Å². The number of hydrogen-bond donors (Lipinski definition) is 1. The number of carbonyl (C=O) groups excluding carboxylic acids is 3. The lowest BCUT2D eigenvalue weighted by Crippen LogP contribution is -2.56. The number of rotatable bonds is 3. The predicted octanol–water partition coefficient (Wildman–Crippen LogP) is -1.38. The number of nitrogens with one attached hydrogen (secondary N) is 1. The molecule has 7 heteroatoms. The molecule has 1 atom stereocenters. The van der Waals surface area contributed by atoms with E-state index in [1.807, 2.05) is 4.90 Å². The van der Waals surface area contributed by atoms with E-state index in [1.54, 1.807) is 11.9 Å². The highest BCUT2D eigenvalue weighted by atomic mass is 16.5. The summed E-state index contributed by atoms with van der Waals surface area (Å²) in [6, 6.07) is -0.413. The van der Waals surface area contributed by atoms with Gasteiger partial charge in [-0.1, -0.05) is 0 Å². The number of carbonyl (C=O) groups is 3. The Morgan fingerprint density at radius 3 is 2.65 bits per heavy atom. The minimum absolute atomic E-state index is 0.0201. The van der Waals surface area contributed by atoms with Crippen LogP contribution in [-0.2, 0) is 19.1 Å². The molecule has 0 aromatic carbocycles. The molecule has 112 valence electrons. The molecule has 2 heterocycles. The molecule has 1 N–H and O–H groups in total. The average Bonchev–Trinajstić information content (AvgIpc) is 2.47. The van der Waals surface area contributed by atoms with Crippen LogP contribution in [-0.4, -0.2) is 79.9 Å². The van der Waals surface area contributed by atoms with E-state index in [-0.39, 0.29) is 24.1 Å². The van der Waals surface area contributed by atoms with Crippen LogP contribution in [0.4, 0.5) is 0 Å². The van der Waals surface area contributed by atoms with Gasteiger partial charge in [0, 0.05) is 39.5 Å². The fourth-order valence-electron chi connectivity index (χ4n) is 2.51. The van der Waals surface area contributed by atoms with Crippen molar-refractivity contribution in [3.63, 3.8) is 0 Å². The largest absolute Gasteiger partial charge is 0.378 e. The molecule has 0 bridgehead atoms. The van der Waals surface area contributed by atoms with Gasteiger partial charge in [-0.15, -0.1) is 0 Å². The van der Waals surface area contributed by atoms with E-state index in [4.69, 9.17) is 4.74 Å². The number of piperidine rings is 1. The van der Waals surface area contributed by atoms with Crippen LogP contribution < -0.4 is 5.32 Å². The quantitative estimate of drug-likeness (QED) is 0.691. The second kappa shape index (κ2) is 6.81. The predicted molar refractivity (Wildman–Crippen MR) is 71.1 cm³/mol. The van der Waals surface area contributed by atoms with Gasteiger partial charge in [-0.25, -0.2) is 0 Å². The van der Waals surface area contributed by atoms with Crippen LogP contribution in [0.3, 0.4) is 0 Å². The van der Waals surface area contributed by atoms with E-state index in [1.165, 1.54) is 0 Å². The van der Waals surface area contributed by atoms with Gasteiger partial charge in [-0.05, 0) is 0 Å². The number of Topliss-reactive ketones (excluding diaryl/α,β-unsaturated/α-hetero) is 1. The molecule has 1 unspecified atom stereocenters. The topological polar surface area (TPSA) is 79.0 Å². The molecule has 2 aliphatic rings. The Hall–Kier alpha value is -1.47. The van der Waals surface area contributed by atoms with E-state index in [9.17, 15) is 14.4 Å². The van der Waals surface area contributed by atoms with E-state index in [0.29, 0.717) is 45.7 Å². The second-order valence-electron chi connectivity index (χ2n) is 5.09. The van der Waals surface area contributed by atoms with E-state index >= 15 is 0 Å². The lowest BCUT2D eigenvalue weighted by Gasteiger charge is -2.35. The Kier molecular flexibility index (Phi) is 5.08. The van der Waals surface area contributed by atoms with Crippen LogP contribution >= 0.6 is 0 Å². The van der Waals surface area contributed by atoms with Crippen molar-refractivity contribution in [2.24, 2.45) is 0 Å². The highest BCUT2D eigenvalue weighted by molar-refractivity contribution is 5.85. The molecule has 2 rings (SSSR count). The van der Waals surface area contributed by atoms with Crippen molar-refractivity contribution in [2.75, 3.05) is 46.4 Å². The Morgan fingerprint density at radius 2 is 2.00 bits per heavy atom. The van der Waals surface area contributed by atoms with Crippen molar-refractivity contribution >= 4 is 17.6 Å². The molecule has 0 aromatic heterocycles. The summed E-state index contributed by atoms with van der Waals surface area (Å²) in [6.07, 6.45) is 0.876. The van der Waals surface area contributed by atoms with Crippen molar-refractivity contribution < 1.29 is 19.1 Å². The minimum Gasteiger partial charge on any atom is -0.378 e. The molecule has 0 aromatic rings. The minimum atomic E-state index is -0.413. The zero-order chi connectivity index (χ0) is 14.5. The van der Waals surface area contributed by atoms with Crippen LogP contribution in [0.25, 0.3) is 0 Å². The molecule has 0 aliphatic carbocycles. The number of hydrogen-bond acceptors (Lipinski definition) is 5. The van der Waals surface area contributed by atoms with Gasteiger partial charge in [-0.2, -0.15) is 0 Å². The number of ketones is 1. The number of nitrogens with zero attached hydrogens (tertiary/aromatic N) is 2. The van der Waals surface area contributed by atoms with Gasteiger partial charge in [0.1, 0.15) is 11.8 Å². The molecule has 2 fully saturated rings. The zero-order valence-corrected chi connectivity index (χ0v) is 11.8. The number of morpholine rings is 1. The molecule has 20 heavy (non-hydrogen) atoms. The van der Waals surface area contributed by atoms with Crippen LogP contribution in [0.1, 0.15) is 12.8 Å². The number of likely N-dealkylation sites (N-methyl/N-ethyl adjacent to an activating group) is 1. The highest BCUT2D eigenvalue weighted by Crippen LogP contribution is 2.10. The van der Waals surface area contributed by atoms with Crippen molar-refractivity contribution in [1.82, 2.24) is 15.1 Å². The van der Waals surface area contributed by atoms with E-state index in [0.717, 1.165) is 0 Å². The molecule has 0 saturated carbocycles. The summed E-state index contributed by atoms with van der Waals surface area (Å²) in [5.74, 6) is 0.0586. The normalized spacial score (nSPS) is 24.6. The third-order valence-corrected chi connectivity index (χ3v) is 3.80. The number of ether oxygens (including phenoxy) is 1. The molecular formula is C13H21N3O4. The zero-order valence-electron chi connectivity index (χ0n) is 11.8. The molecule has 7 nitrogen and oxygen atoms in total. The fourth-order valence-corrected chi connectivity index (χ4v) is 2.51. The van der Waals surface area contributed by atoms with Crippen molar-refractivity contribution in [2.45, 2.75) is 18.9 Å². The molecule has 0 spiro atoms. The third-order valence-electron chi connectivity index (χ3n) is 3.80. The summed E-state index contributed by atoms with van der Waals surface area (Å²) in [6.45, 7) is 2.59. The summed E-state index contributed by atoms with van der Waals surface area (Å²) in [5.41, 5.74) is 0. The number of likely N-dealkylation sites (tertiary alicyclic amines) is 1. The number of amides is 2. The van der Waals surface area contributed by atoms with Gasteiger partial charge in [-0.3, -0.25) is 19.3 Å². The summed E-state index contributed by atoms with van der Waals surface area (Å²) in [5, 5.41) is 2.59. The average molecular weight is 283 g/mol. The third kappa shape index (κ3) is 3.55. The summed E-state index contributed by atoms with van der Waals surface area (Å²) < 4.78 is 5.30. The van der Waals surface area contributed by atoms with Crippen LogP contribution in [0.2, 0.25) is 0 Å². The Labute approximate surface area is 118 Å². The van der Waals surface area contributed by atoms with Gasteiger partial charge in [0.15, 0.2) is 0 Å². The van der Waals surface area contributed by atoms with Gasteiger partial charge in [0.2, 0.25) is 11.8 Å². The fraction of sp³-hybridized carbons (Fsp3) is 0.769. The van der Waals surface area contributed by atoms with Gasteiger partial charge >= 0.3 is 0 Å². The molecule has 0 radical (unpaired) electrons. The van der Waals surface area contributed by atoms with Crippen molar-refractivity contribution in [3.8, 4) is 0 Å². The first-order valence-corrected chi connectivity index (χ1v) is 6.94. The first-order chi connectivity index (χ1) is 9.61. The molecule has 2 amide bonds. The molecular weight excluding hydrogens is 262 g/mol. The van der Waals surface area contributed by atoms with Crippen molar-refractivity contribution in [1.29, 1.82) is 0 Å². The monoisotopic (exact) mass is 283 g/mol. The summed E-state index contributed by atoms with van der Waals surface area (Å²) in [4.78, 5) is 38.7. The first-order valence-electron chi connectivity index (χ1n) is 6.94. The molecule has 2 aliphatic heterocycles. The second-order valence-corrected chi connectivity index (χ2v) is 5.09. The van der Waals surface area contributed by atoms with Gasteiger partial charge in [0.05, 0.1) is 19.8 Å². The maximum absolute atomic E-state index is 12.2. The maximum Gasteiger partial charge on any atom is 0.239 e. The van der Waals surface area contributed by atoms with E-state index < -0.39 is 6.04 Å². The van der Waals surface area contributed by atoms with Crippen LogP contribution in [0.15, 0.2) is 0 Å². The Bertz CT molecular complexity index is 389. The Morgan fingerprint density at radius 1 is 1.30 bits per heavy atom. The maximum atomic E-state index is 12.2. The standard InChI is InChI=1S/C13H21N3O4/c1-14-13(19)11-9-20-7-6-16(11)8-12(18)15-4-2-10(17)3-5-15/h11H,2-9H2,1H3,(H,14,19). The lowest BCUT2D eigenvalue weighted by molar-refractivity contribution is -0.140. The van der Waals surface area contributed by atoms with Gasteiger partial charge in [0.25, 0.3) is 0 Å². The van der Waals surface area contributed by atoms with Crippen molar-refractivity contribution in [3.05, 3.63) is 0 Å². The van der Waals surface area contributed by atoms with Crippen LogP contribution in [0.5, 0.6) is 0 Å². The first kappa shape index (κ1) is 14.9. The lowest BCUT2D eigenvalue weighted by atomic mass is 10.1. The van der Waals surface area contributed by atoms with E-state index in [2.05, 4.69) is 5.32 Å². The highest BCUT2D eigenvalue weighted by Gasteiger charge is 2.31. The van der Waals surface area contributed by atoms with Crippen LogP contribution in [0, 0.1) is 0 Å². The smallest absolute Gasteiger partial charge is 0.239 e. The summed E-state index contributed by atoms with van der Waals surface area (Å²) >= 11 is 0. The Balaban J connectivity index is 1.91.